The Hall–Kier alpha value is -2.19. The zero-order valence-corrected chi connectivity index (χ0v) is 32.3. The molecule has 2 saturated heterocycles. The molecule has 0 spiro atoms. The summed E-state index contributed by atoms with van der Waals surface area (Å²) in [5.74, 6) is -1.06. The standard InChI is InChI=1S/C33H51BrClN5O6Si/c1-32(2,3)45-31(43)39-16-11-12-21(20-39)29(46-47(7,8)33(4,5)6)30(42)38-37-26(41)15-14-22-24(35)18-25-23(28(22)34)19-36-40(25)27-13-9-10-17-44-27/h18-19,21,27,29H,9-17,20H2,1-8H3,(H,37,41)(H,38,42)/t21-,27?,29?/m1/s1. The van der Waals surface area contributed by atoms with Gasteiger partial charge in [0.05, 0.1) is 11.7 Å². The summed E-state index contributed by atoms with van der Waals surface area (Å²) in [6.07, 6.45) is 5.29. The largest absolute Gasteiger partial charge is 0.444 e. The molecule has 2 N–H and O–H groups in total. The quantitative estimate of drug-likeness (QED) is 0.215. The summed E-state index contributed by atoms with van der Waals surface area (Å²) >= 11 is 10.4. The predicted molar refractivity (Wildman–Crippen MR) is 188 cm³/mol. The molecule has 3 amide bonds. The van der Waals surface area contributed by atoms with E-state index in [4.69, 9.17) is 25.5 Å². The average molecular weight is 757 g/mol. The van der Waals surface area contributed by atoms with Crippen LogP contribution in [0.4, 0.5) is 4.79 Å². The lowest BCUT2D eigenvalue weighted by Crippen LogP contribution is -2.57. The molecule has 2 aliphatic rings. The Morgan fingerprint density at radius 2 is 1.85 bits per heavy atom. The van der Waals surface area contributed by atoms with Crippen LogP contribution in [0.5, 0.6) is 0 Å². The molecule has 4 rings (SSSR count). The summed E-state index contributed by atoms with van der Waals surface area (Å²) in [5.41, 5.74) is 6.24. The number of fused-ring (bicyclic) bond motifs is 1. The molecule has 14 heteroatoms. The highest BCUT2D eigenvalue weighted by Gasteiger charge is 2.44. The van der Waals surface area contributed by atoms with E-state index in [1.165, 1.54) is 0 Å². The van der Waals surface area contributed by atoms with Crippen molar-refractivity contribution in [2.75, 3.05) is 19.7 Å². The SMILES string of the molecule is CC(C)(C)OC(=O)N1CCC[C@@H](C(O[Si](C)(C)C(C)(C)C)C(=O)NNC(=O)CCc2c(Cl)cc3c(cnn3C3CCCCO3)c2Br)C1. The Kier molecular flexibility index (Phi) is 12.1. The molecule has 2 fully saturated rings. The van der Waals surface area contributed by atoms with E-state index in [0.29, 0.717) is 44.0 Å². The normalized spacial score (nSPS) is 20.2. The van der Waals surface area contributed by atoms with E-state index < -0.39 is 32.0 Å². The lowest BCUT2D eigenvalue weighted by atomic mass is 9.92. The number of piperidine rings is 1. The number of amides is 3. The number of carbonyl (C=O) groups is 3. The molecule has 1 aromatic carbocycles. The minimum Gasteiger partial charge on any atom is -0.444 e. The van der Waals surface area contributed by atoms with Gasteiger partial charge >= 0.3 is 6.09 Å². The number of nitrogens with one attached hydrogen (secondary N) is 2. The van der Waals surface area contributed by atoms with Crippen LogP contribution in [0.15, 0.2) is 16.7 Å². The van der Waals surface area contributed by atoms with E-state index >= 15 is 0 Å². The van der Waals surface area contributed by atoms with Crippen LogP contribution in [0, 0.1) is 5.92 Å². The minimum atomic E-state index is -2.41. The Morgan fingerprint density at radius 3 is 2.49 bits per heavy atom. The van der Waals surface area contributed by atoms with Crippen molar-refractivity contribution < 1.29 is 28.3 Å². The fourth-order valence-corrected chi connectivity index (χ4v) is 8.06. The van der Waals surface area contributed by atoms with E-state index in [9.17, 15) is 14.4 Å². The second-order valence-electron chi connectivity index (χ2n) is 15.2. The number of nitrogens with zero attached hydrogens (tertiary/aromatic N) is 3. The molecule has 11 nitrogen and oxygen atoms in total. The Bertz CT molecular complexity index is 1450. The van der Waals surface area contributed by atoms with Gasteiger partial charge in [0.2, 0.25) is 5.91 Å². The highest BCUT2D eigenvalue weighted by Crippen LogP contribution is 2.39. The zero-order chi connectivity index (χ0) is 34.7. The second-order valence-corrected chi connectivity index (χ2v) is 21.1. The van der Waals surface area contributed by atoms with Crippen molar-refractivity contribution in [3.63, 3.8) is 0 Å². The van der Waals surface area contributed by atoms with Crippen LogP contribution >= 0.6 is 27.5 Å². The number of hydrogen-bond donors (Lipinski definition) is 2. The number of ether oxygens (including phenoxy) is 2. The summed E-state index contributed by atoms with van der Waals surface area (Å²) in [4.78, 5) is 41.3. The van der Waals surface area contributed by atoms with E-state index in [-0.39, 0.29) is 29.5 Å². The van der Waals surface area contributed by atoms with Gasteiger partial charge < -0.3 is 18.8 Å². The molecule has 262 valence electrons. The van der Waals surface area contributed by atoms with Crippen LogP contribution in [-0.4, -0.2) is 72.3 Å². The maximum Gasteiger partial charge on any atom is 0.410 e. The van der Waals surface area contributed by atoms with Crippen molar-refractivity contribution in [2.24, 2.45) is 5.92 Å². The monoisotopic (exact) mass is 755 g/mol. The number of aromatic nitrogens is 2. The summed E-state index contributed by atoms with van der Waals surface area (Å²) < 4.78 is 20.9. The number of hydrogen-bond acceptors (Lipinski definition) is 7. The maximum absolute atomic E-state index is 13.7. The van der Waals surface area contributed by atoms with Gasteiger partial charge in [0.25, 0.3) is 5.91 Å². The second kappa shape index (κ2) is 15.1. The summed E-state index contributed by atoms with van der Waals surface area (Å²) in [6, 6.07) is 1.87. The van der Waals surface area contributed by atoms with Gasteiger partial charge in [0.1, 0.15) is 11.7 Å². The van der Waals surface area contributed by atoms with E-state index in [2.05, 4.69) is 65.7 Å². The first kappa shape index (κ1) is 37.6. The molecule has 0 saturated carbocycles. The first-order valence-electron chi connectivity index (χ1n) is 16.6. The van der Waals surface area contributed by atoms with E-state index in [1.807, 2.05) is 31.5 Å². The lowest BCUT2D eigenvalue weighted by Gasteiger charge is -2.43. The van der Waals surface area contributed by atoms with Gasteiger partial charge in [-0.05, 0) is 105 Å². The van der Waals surface area contributed by atoms with Gasteiger partial charge in [-0.3, -0.25) is 20.4 Å². The minimum absolute atomic E-state index is 0.0909. The zero-order valence-electron chi connectivity index (χ0n) is 29.0. The van der Waals surface area contributed by atoms with E-state index in [1.54, 1.807) is 11.1 Å². The third kappa shape index (κ3) is 9.49. The topological polar surface area (TPSA) is 124 Å². The van der Waals surface area contributed by atoms with Crippen LogP contribution in [0.2, 0.25) is 23.2 Å². The number of halogens is 2. The molecule has 2 aromatic rings. The van der Waals surface area contributed by atoms with E-state index in [0.717, 1.165) is 40.2 Å². The molecular formula is C33H51BrClN5O6Si. The molecule has 0 aliphatic carbocycles. The molecule has 2 unspecified atom stereocenters. The van der Waals surface area contributed by atoms with Gasteiger partial charge in [-0.1, -0.05) is 32.4 Å². The van der Waals surface area contributed by atoms with Gasteiger partial charge in [0.15, 0.2) is 14.5 Å². The average Bonchev–Trinajstić information content (AvgIpc) is 3.41. The number of benzene rings is 1. The maximum atomic E-state index is 13.7. The third-order valence-corrected chi connectivity index (χ3v) is 15.0. The summed E-state index contributed by atoms with van der Waals surface area (Å²) in [5, 5.41) is 5.83. The van der Waals surface area contributed by atoms with Gasteiger partial charge in [0, 0.05) is 46.9 Å². The molecule has 2 aliphatic heterocycles. The third-order valence-electron chi connectivity index (χ3n) is 9.27. The highest BCUT2D eigenvalue weighted by atomic mass is 79.9. The van der Waals surface area contributed by atoms with Crippen LogP contribution < -0.4 is 10.9 Å². The number of likely N-dealkylation sites (tertiary alicyclic amines) is 1. The smallest absolute Gasteiger partial charge is 0.410 e. The molecule has 0 radical (unpaired) electrons. The van der Waals surface area contributed by atoms with Crippen LogP contribution in [0.1, 0.15) is 91.9 Å². The van der Waals surface area contributed by atoms with Crippen LogP contribution in [-0.2, 0) is 29.9 Å². The first-order chi connectivity index (χ1) is 21.9. The lowest BCUT2D eigenvalue weighted by molar-refractivity contribution is -0.136. The molecule has 1 aromatic heterocycles. The number of hydrazine groups is 1. The fraction of sp³-hybridized carbons (Fsp3) is 0.697. The molecule has 47 heavy (non-hydrogen) atoms. The predicted octanol–water partition coefficient (Wildman–Crippen LogP) is 7.27. The Balaban J connectivity index is 1.42. The Labute approximate surface area is 293 Å². The summed E-state index contributed by atoms with van der Waals surface area (Å²) in [7, 11) is -2.41. The van der Waals surface area contributed by atoms with Gasteiger partial charge in [-0.25, -0.2) is 9.48 Å². The van der Waals surface area contributed by atoms with Gasteiger partial charge in [-0.15, -0.1) is 0 Å². The van der Waals surface area contributed by atoms with Crippen molar-refractivity contribution in [1.82, 2.24) is 25.5 Å². The van der Waals surface area contributed by atoms with Crippen molar-refractivity contribution in [3.8, 4) is 0 Å². The number of rotatable bonds is 8. The van der Waals surface area contributed by atoms with Gasteiger partial charge in [-0.2, -0.15) is 5.10 Å². The highest BCUT2D eigenvalue weighted by molar-refractivity contribution is 9.10. The first-order valence-corrected chi connectivity index (χ1v) is 20.7. The van der Waals surface area contributed by atoms with Crippen molar-refractivity contribution >= 4 is 64.7 Å². The van der Waals surface area contributed by atoms with Crippen molar-refractivity contribution in [3.05, 3.63) is 27.3 Å². The summed E-state index contributed by atoms with van der Waals surface area (Å²) in [6.45, 7) is 17.6. The Morgan fingerprint density at radius 1 is 1.13 bits per heavy atom. The molecule has 3 heterocycles. The fourth-order valence-electron chi connectivity index (χ4n) is 5.65. The van der Waals surface area contributed by atoms with Crippen molar-refractivity contribution in [1.29, 1.82) is 0 Å². The number of carbonyl (C=O) groups excluding carboxylic acids is 3. The molecule has 3 atom stereocenters. The van der Waals surface area contributed by atoms with Crippen LogP contribution in [0.25, 0.3) is 10.9 Å². The van der Waals surface area contributed by atoms with Crippen molar-refractivity contribution in [2.45, 2.75) is 123 Å². The van der Waals surface area contributed by atoms with Crippen LogP contribution in [0.3, 0.4) is 0 Å². The molecule has 0 bridgehead atoms. The molecular weight excluding hydrogens is 706 g/mol.